The highest BCUT2D eigenvalue weighted by molar-refractivity contribution is 5.75. The van der Waals surface area contributed by atoms with Gasteiger partial charge in [-0.2, -0.15) is 0 Å². The molecule has 7 nitrogen and oxygen atoms in total. The number of carbonyl (C=O) groups is 1. The molecule has 20 heavy (non-hydrogen) atoms. The minimum absolute atomic E-state index is 0.0642. The maximum atomic E-state index is 11.5. The largest absolute Gasteiger partial charge is 0.421 e. The van der Waals surface area contributed by atoms with Gasteiger partial charge in [-0.15, -0.1) is 10.2 Å². The fourth-order valence-electron chi connectivity index (χ4n) is 1.57. The van der Waals surface area contributed by atoms with Gasteiger partial charge in [0.25, 0.3) is 0 Å². The SMILES string of the molecule is COCCNC(=O)CCc1nnc(-c2ccncc2)o1. The van der Waals surface area contributed by atoms with Crippen molar-refractivity contribution >= 4 is 5.91 Å². The molecule has 2 aromatic rings. The van der Waals surface area contributed by atoms with Gasteiger partial charge in [0, 0.05) is 44.5 Å². The molecule has 0 radical (unpaired) electrons. The Morgan fingerprint density at radius 2 is 2.15 bits per heavy atom. The maximum Gasteiger partial charge on any atom is 0.247 e. The van der Waals surface area contributed by atoms with E-state index in [0.717, 1.165) is 5.56 Å². The molecule has 0 spiro atoms. The number of aryl methyl sites for hydroxylation is 1. The molecule has 0 unspecified atom stereocenters. The number of amides is 1. The van der Waals surface area contributed by atoms with Gasteiger partial charge in [0.1, 0.15) is 0 Å². The van der Waals surface area contributed by atoms with E-state index in [2.05, 4.69) is 20.5 Å². The third-order valence-corrected chi connectivity index (χ3v) is 2.59. The van der Waals surface area contributed by atoms with Gasteiger partial charge in [0.15, 0.2) is 0 Å². The quantitative estimate of drug-likeness (QED) is 0.753. The summed E-state index contributed by atoms with van der Waals surface area (Å²) in [5.74, 6) is 0.812. The normalized spacial score (nSPS) is 10.4. The molecule has 7 heteroatoms. The lowest BCUT2D eigenvalue weighted by molar-refractivity contribution is -0.121. The number of hydrogen-bond donors (Lipinski definition) is 1. The molecular weight excluding hydrogens is 260 g/mol. The zero-order valence-corrected chi connectivity index (χ0v) is 11.2. The number of pyridine rings is 1. The van der Waals surface area contributed by atoms with Crippen LogP contribution in [0.3, 0.4) is 0 Å². The third kappa shape index (κ3) is 4.13. The molecule has 1 amide bonds. The highest BCUT2D eigenvalue weighted by atomic mass is 16.5. The van der Waals surface area contributed by atoms with Crippen LogP contribution in [0.25, 0.3) is 11.5 Å². The molecule has 0 saturated heterocycles. The monoisotopic (exact) mass is 276 g/mol. The fourth-order valence-corrected chi connectivity index (χ4v) is 1.57. The van der Waals surface area contributed by atoms with Gasteiger partial charge >= 0.3 is 0 Å². The predicted molar refractivity (Wildman–Crippen MR) is 70.7 cm³/mol. The lowest BCUT2D eigenvalue weighted by atomic mass is 10.3. The Morgan fingerprint density at radius 1 is 1.35 bits per heavy atom. The van der Waals surface area contributed by atoms with Gasteiger partial charge in [-0.3, -0.25) is 9.78 Å². The van der Waals surface area contributed by atoms with Crippen molar-refractivity contribution in [1.29, 1.82) is 0 Å². The van der Waals surface area contributed by atoms with Crippen LogP contribution in [0.2, 0.25) is 0 Å². The third-order valence-electron chi connectivity index (χ3n) is 2.59. The van der Waals surface area contributed by atoms with Gasteiger partial charge in [-0.05, 0) is 12.1 Å². The maximum absolute atomic E-state index is 11.5. The van der Waals surface area contributed by atoms with Crippen LogP contribution in [0.15, 0.2) is 28.9 Å². The Hall–Kier alpha value is -2.28. The fraction of sp³-hybridized carbons (Fsp3) is 0.385. The first-order valence-corrected chi connectivity index (χ1v) is 6.28. The lowest BCUT2D eigenvalue weighted by Crippen LogP contribution is -2.27. The highest BCUT2D eigenvalue weighted by Crippen LogP contribution is 2.16. The number of ether oxygens (including phenoxy) is 1. The van der Waals surface area contributed by atoms with Crippen molar-refractivity contribution in [3.8, 4) is 11.5 Å². The van der Waals surface area contributed by atoms with E-state index >= 15 is 0 Å². The van der Waals surface area contributed by atoms with E-state index in [1.165, 1.54) is 0 Å². The second kappa shape index (κ2) is 7.34. The Bertz CT molecular complexity index is 542. The second-order valence-electron chi connectivity index (χ2n) is 4.08. The number of carbonyl (C=O) groups excluding carboxylic acids is 1. The summed E-state index contributed by atoms with van der Waals surface area (Å²) in [6.45, 7) is 1.000. The molecule has 106 valence electrons. The molecule has 1 N–H and O–H groups in total. The number of methoxy groups -OCH3 is 1. The second-order valence-corrected chi connectivity index (χ2v) is 4.08. The van der Waals surface area contributed by atoms with E-state index in [-0.39, 0.29) is 5.91 Å². The van der Waals surface area contributed by atoms with E-state index < -0.39 is 0 Å². The zero-order valence-electron chi connectivity index (χ0n) is 11.2. The number of nitrogens with zero attached hydrogens (tertiary/aromatic N) is 3. The van der Waals surface area contributed by atoms with Crippen molar-refractivity contribution in [3.05, 3.63) is 30.4 Å². The van der Waals surface area contributed by atoms with Crippen molar-refractivity contribution < 1.29 is 13.9 Å². The Morgan fingerprint density at radius 3 is 2.90 bits per heavy atom. The van der Waals surface area contributed by atoms with Crippen LogP contribution in [0.1, 0.15) is 12.3 Å². The number of nitrogens with one attached hydrogen (secondary N) is 1. The molecule has 0 bridgehead atoms. The van der Waals surface area contributed by atoms with Gasteiger partial charge in [-0.1, -0.05) is 0 Å². The van der Waals surface area contributed by atoms with Crippen molar-refractivity contribution in [3.63, 3.8) is 0 Å². The van der Waals surface area contributed by atoms with Gasteiger partial charge in [0.2, 0.25) is 17.7 Å². The van der Waals surface area contributed by atoms with Crippen LogP contribution in [0.4, 0.5) is 0 Å². The van der Waals surface area contributed by atoms with Gasteiger partial charge in [0.05, 0.1) is 6.61 Å². The van der Waals surface area contributed by atoms with Crippen molar-refractivity contribution in [2.45, 2.75) is 12.8 Å². The lowest BCUT2D eigenvalue weighted by Gasteiger charge is -2.02. The summed E-state index contributed by atoms with van der Waals surface area (Å²) >= 11 is 0. The van der Waals surface area contributed by atoms with Gasteiger partial charge in [-0.25, -0.2) is 0 Å². The summed E-state index contributed by atoms with van der Waals surface area (Å²) in [6, 6.07) is 3.57. The van der Waals surface area contributed by atoms with Crippen LogP contribution < -0.4 is 5.32 Å². The molecule has 0 atom stereocenters. The molecule has 2 rings (SSSR count). The smallest absolute Gasteiger partial charge is 0.247 e. The Balaban J connectivity index is 1.83. The molecule has 2 heterocycles. The Kier molecular flexibility index (Phi) is 5.19. The molecule has 0 aromatic carbocycles. The van der Waals surface area contributed by atoms with Crippen LogP contribution >= 0.6 is 0 Å². The zero-order chi connectivity index (χ0) is 14.2. The van der Waals surface area contributed by atoms with Gasteiger partial charge < -0.3 is 14.5 Å². The molecule has 0 fully saturated rings. The first-order valence-electron chi connectivity index (χ1n) is 6.28. The molecule has 0 aliphatic rings. The van der Waals surface area contributed by atoms with Crippen LogP contribution in [-0.4, -0.2) is 41.3 Å². The minimum atomic E-state index is -0.0642. The molecule has 0 aliphatic carbocycles. The number of aromatic nitrogens is 3. The molecule has 0 aliphatic heterocycles. The van der Waals surface area contributed by atoms with E-state index in [1.54, 1.807) is 31.6 Å². The molecule has 0 saturated carbocycles. The van der Waals surface area contributed by atoms with Crippen molar-refractivity contribution in [1.82, 2.24) is 20.5 Å². The van der Waals surface area contributed by atoms with E-state index in [4.69, 9.17) is 9.15 Å². The number of hydrogen-bond acceptors (Lipinski definition) is 6. The average Bonchev–Trinajstić information content (AvgIpc) is 2.95. The average molecular weight is 276 g/mol. The van der Waals surface area contributed by atoms with E-state index in [9.17, 15) is 4.79 Å². The van der Waals surface area contributed by atoms with Crippen LogP contribution in [0.5, 0.6) is 0 Å². The summed E-state index contributed by atoms with van der Waals surface area (Å²) in [5.41, 5.74) is 0.809. The van der Waals surface area contributed by atoms with Crippen LogP contribution in [-0.2, 0) is 16.0 Å². The topological polar surface area (TPSA) is 90.1 Å². The molecule has 2 aromatic heterocycles. The summed E-state index contributed by atoms with van der Waals surface area (Å²) in [6.07, 6.45) is 4.03. The first-order chi connectivity index (χ1) is 9.79. The first kappa shape index (κ1) is 14.1. The number of rotatable bonds is 7. The molecular formula is C13H16N4O3. The summed E-state index contributed by atoms with van der Waals surface area (Å²) < 4.78 is 10.3. The predicted octanol–water partition coefficient (Wildman–Crippen LogP) is 0.827. The standard InChI is InChI=1S/C13H16N4O3/c1-19-9-8-15-11(18)2-3-12-16-17-13(20-12)10-4-6-14-7-5-10/h4-7H,2-3,8-9H2,1H3,(H,15,18). The summed E-state index contributed by atoms with van der Waals surface area (Å²) in [5, 5.41) is 10.6. The Labute approximate surface area is 116 Å². The van der Waals surface area contributed by atoms with E-state index in [1.807, 2.05) is 0 Å². The summed E-state index contributed by atoms with van der Waals surface area (Å²) in [7, 11) is 1.59. The van der Waals surface area contributed by atoms with E-state index in [0.29, 0.717) is 37.8 Å². The highest BCUT2D eigenvalue weighted by Gasteiger charge is 2.10. The minimum Gasteiger partial charge on any atom is -0.421 e. The summed E-state index contributed by atoms with van der Waals surface area (Å²) in [4.78, 5) is 15.4. The van der Waals surface area contributed by atoms with Crippen molar-refractivity contribution in [2.24, 2.45) is 0 Å². The van der Waals surface area contributed by atoms with Crippen molar-refractivity contribution in [2.75, 3.05) is 20.3 Å². The van der Waals surface area contributed by atoms with Crippen LogP contribution in [0, 0.1) is 0 Å².